The highest BCUT2D eigenvalue weighted by atomic mass is 35.5. The highest BCUT2D eigenvalue weighted by Gasteiger charge is 2.41. The number of likely N-dealkylation sites (tertiary alicyclic amines) is 1. The van der Waals surface area contributed by atoms with Gasteiger partial charge in [0.1, 0.15) is 11.8 Å². The molecule has 0 aliphatic carbocycles. The Balaban J connectivity index is 1.79. The molecule has 1 amide bonds. The minimum absolute atomic E-state index is 0.173. The summed E-state index contributed by atoms with van der Waals surface area (Å²) in [7, 11) is 0. The molecule has 1 N–H and O–H groups in total. The highest BCUT2D eigenvalue weighted by Crippen LogP contribution is 2.43. The number of nitrogens with zero attached hydrogens (tertiary/aromatic N) is 1. The van der Waals surface area contributed by atoms with Gasteiger partial charge in [0.05, 0.1) is 0 Å². The third-order valence-electron chi connectivity index (χ3n) is 4.60. The summed E-state index contributed by atoms with van der Waals surface area (Å²) >= 11 is 7.81. The van der Waals surface area contributed by atoms with Gasteiger partial charge in [-0.15, -0.1) is 11.3 Å². The number of aliphatic hydroxyl groups is 1. The number of hydrogen-bond acceptors (Lipinski definition) is 4. The van der Waals surface area contributed by atoms with Crippen LogP contribution in [0.15, 0.2) is 24.3 Å². The second-order valence-corrected chi connectivity index (χ2v) is 9.48. The molecule has 136 valence electrons. The second-order valence-electron chi connectivity index (χ2n) is 7.96. The molecule has 1 saturated heterocycles. The summed E-state index contributed by atoms with van der Waals surface area (Å²) in [4.78, 5) is 14.9. The molecule has 3 rings (SSSR count). The Morgan fingerprint density at radius 2 is 2.12 bits per heavy atom. The summed E-state index contributed by atoms with van der Waals surface area (Å²) < 4.78 is 6.58. The molecule has 2 aromatic rings. The molecule has 6 heteroatoms. The molecule has 2 atom stereocenters. The first-order chi connectivity index (χ1) is 11.6. The minimum Gasteiger partial charge on any atom is -0.444 e. The Morgan fingerprint density at radius 1 is 1.40 bits per heavy atom. The van der Waals surface area contributed by atoms with E-state index >= 15 is 0 Å². The Hall–Kier alpha value is -1.30. The monoisotopic (exact) mass is 381 g/mol. The molecule has 1 aliphatic heterocycles. The lowest BCUT2D eigenvalue weighted by molar-refractivity contribution is -0.0599. The van der Waals surface area contributed by atoms with Crippen LogP contribution in [0.3, 0.4) is 0 Å². The van der Waals surface area contributed by atoms with Crippen molar-refractivity contribution in [3.05, 3.63) is 34.2 Å². The number of hydrogen-bond donors (Lipinski definition) is 1. The summed E-state index contributed by atoms with van der Waals surface area (Å²) in [5.41, 5.74) is -0.740. The Kier molecular flexibility index (Phi) is 4.77. The second kappa shape index (κ2) is 6.45. The van der Waals surface area contributed by atoms with E-state index in [2.05, 4.69) is 13.0 Å². The molecule has 0 spiro atoms. The lowest BCUT2D eigenvalue weighted by Gasteiger charge is -2.42. The van der Waals surface area contributed by atoms with Crippen molar-refractivity contribution >= 4 is 39.1 Å². The number of aliphatic hydroxyl groups excluding tert-OH is 1. The van der Waals surface area contributed by atoms with Crippen molar-refractivity contribution in [2.24, 2.45) is 0 Å². The minimum atomic E-state index is -0.845. The summed E-state index contributed by atoms with van der Waals surface area (Å²) in [5, 5.41) is 12.4. The maximum Gasteiger partial charge on any atom is 0.412 e. The lowest BCUT2D eigenvalue weighted by atomic mass is 9.78. The largest absolute Gasteiger partial charge is 0.444 e. The van der Waals surface area contributed by atoms with Crippen molar-refractivity contribution in [2.75, 3.05) is 6.54 Å². The number of ether oxygens (including phenoxy) is 1. The number of piperidine rings is 1. The van der Waals surface area contributed by atoms with Gasteiger partial charge in [0, 0.05) is 33.0 Å². The summed E-state index contributed by atoms with van der Waals surface area (Å²) in [6.07, 6.45) is -0.0241. The van der Waals surface area contributed by atoms with Crippen LogP contribution in [0.2, 0.25) is 5.02 Å². The summed E-state index contributed by atoms with van der Waals surface area (Å²) in [5.74, 6) is 0. The maximum atomic E-state index is 12.3. The molecule has 1 aromatic carbocycles. The van der Waals surface area contributed by atoms with Crippen molar-refractivity contribution in [3.8, 4) is 0 Å². The number of benzene rings is 1. The number of carbonyl (C=O) groups excluding carboxylic acids is 1. The number of carbonyl (C=O) groups is 1. The van der Waals surface area contributed by atoms with Crippen LogP contribution in [0.5, 0.6) is 0 Å². The van der Waals surface area contributed by atoms with Crippen LogP contribution in [-0.4, -0.2) is 34.5 Å². The van der Waals surface area contributed by atoms with Gasteiger partial charge in [-0.3, -0.25) is 4.90 Å². The van der Waals surface area contributed by atoms with Crippen LogP contribution in [0.25, 0.3) is 10.1 Å². The molecule has 2 heterocycles. The molecule has 1 fully saturated rings. The molecule has 1 aliphatic rings. The van der Waals surface area contributed by atoms with Gasteiger partial charge in [0.2, 0.25) is 0 Å². The zero-order valence-corrected chi connectivity index (χ0v) is 16.6. The van der Waals surface area contributed by atoms with E-state index in [0.29, 0.717) is 13.0 Å². The van der Waals surface area contributed by atoms with Crippen LogP contribution in [-0.2, 0) is 10.2 Å². The molecule has 1 aromatic heterocycles. The number of fused-ring (bicyclic) bond motifs is 1. The first-order valence-electron chi connectivity index (χ1n) is 8.45. The zero-order valence-electron chi connectivity index (χ0n) is 15.0. The van der Waals surface area contributed by atoms with Gasteiger partial charge in [0.25, 0.3) is 0 Å². The van der Waals surface area contributed by atoms with Gasteiger partial charge in [-0.2, -0.15) is 0 Å². The molecule has 0 radical (unpaired) electrons. The van der Waals surface area contributed by atoms with E-state index in [9.17, 15) is 9.90 Å². The Morgan fingerprint density at radius 3 is 2.76 bits per heavy atom. The topological polar surface area (TPSA) is 49.8 Å². The number of halogens is 1. The normalized spacial score (nSPS) is 24.6. The van der Waals surface area contributed by atoms with Crippen LogP contribution in [0, 0.1) is 0 Å². The molecule has 25 heavy (non-hydrogen) atoms. The quantitative estimate of drug-likeness (QED) is 0.742. The summed E-state index contributed by atoms with van der Waals surface area (Å²) in [6, 6.07) is 8.04. The number of amides is 1. The smallest absolute Gasteiger partial charge is 0.412 e. The van der Waals surface area contributed by atoms with Crippen LogP contribution < -0.4 is 0 Å². The van der Waals surface area contributed by atoms with E-state index in [0.717, 1.165) is 16.8 Å². The van der Waals surface area contributed by atoms with Crippen LogP contribution in [0.4, 0.5) is 4.79 Å². The van der Waals surface area contributed by atoms with E-state index < -0.39 is 17.9 Å². The van der Waals surface area contributed by atoms with E-state index in [1.807, 2.05) is 39.0 Å². The van der Waals surface area contributed by atoms with Crippen LogP contribution in [0.1, 0.15) is 45.4 Å². The van der Waals surface area contributed by atoms with E-state index in [4.69, 9.17) is 16.3 Å². The lowest BCUT2D eigenvalue weighted by Crippen LogP contribution is -2.51. The van der Waals surface area contributed by atoms with Gasteiger partial charge in [-0.05, 0) is 56.8 Å². The predicted octanol–water partition coefficient (Wildman–Crippen LogP) is 5.16. The molecule has 0 saturated carbocycles. The fraction of sp³-hybridized carbons (Fsp3) is 0.526. The van der Waals surface area contributed by atoms with E-state index in [1.54, 1.807) is 11.3 Å². The third-order valence-corrected chi connectivity index (χ3v) is 6.26. The van der Waals surface area contributed by atoms with Crippen molar-refractivity contribution < 1.29 is 14.6 Å². The predicted molar refractivity (Wildman–Crippen MR) is 102 cm³/mol. The highest BCUT2D eigenvalue weighted by molar-refractivity contribution is 7.19. The molecule has 4 nitrogen and oxygen atoms in total. The summed E-state index contributed by atoms with van der Waals surface area (Å²) in [6.45, 7) is 8.10. The van der Waals surface area contributed by atoms with Gasteiger partial charge in [0.15, 0.2) is 0 Å². The number of thiophene rings is 1. The SMILES string of the molecule is CC(C)(C)OC(=O)N1CCC(C)(c2cc3cc(Cl)ccc3s2)CC1O. The zero-order chi connectivity index (χ0) is 18.4. The standard InChI is InChI=1S/C19H24ClNO3S/c1-18(2,3)24-17(23)21-8-7-19(4,11-16(21)22)15-10-12-9-13(20)5-6-14(12)25-15/h5-6,9-10,16,22H,7-8,11H2,1-4H3. The fourth-order valence-electron chi connectivity index (χ4n) is 3.20. The average molecular weight is 382 g/mol. The molecular formula is C19H24ClNO3S. The van der Waals surface area contributed by atoms with E-state index in [-0.39, 0.29) is 5.41 Å². The fourth-order valence-corrected chi connectivity index (χ4v) is 4.61. The number of rotatable bonds is 1. The third kappa shape index (κ3) is 3.94. The first kappa shape index (κ1) is 18.5. The van der Waals surface area contributed by atoms with E-state index in [1.165, 1.54) is 14.5 Å². The van der Waals surface area contributed by atoms with Crippen molar-refractivity contribution in [3.63, 3.8) is 0 Å². The maximum absolute atomic E-state index is 12.3. The van der Waals surface area contributed by atoms with Crippen molar-refractivity contribution in [1.82, 2.24) is 4.90 Å². The van der Waals surface area contributed by atoms with Crippen molar-refractivity contribution in [1.29, 1.82) is 0 Å². The van der Waals surface area contributed by atoms with Crippen molar-refractivity contribution in [2.45, 2.75) is 57.8 Å². The Labute approximate surface area is 157 Å². The Bertz CT molecular complexity index is 798. The molecule has 2 unspecified atom stereocenters. The van der Waals surface area contributed by atoms with Gasteiger partial charge in [-0.1, -0.05) is 18.5 Å². The molecular weight excluding hydrogens is 358 g/mol. The van der Waals surface area contributed by atoms with Gasteiger partial charge >= 0.3 is 6.09 Å². The van der Waals surface area contributed by atoms with Gasteiger partial charge in [-0.25, -0.2) is 4.79 Å². The first-order valence-corrected chi connectivity index (χ1v) is 9.64. The average Bonchev–Trinajstić information content (AvgIpc) is 2.89. The molecule has 0 bridgehead atoms. The van der Waals surface area contributed by atoms with Crippen LogP contribution >= 0.6 is 22.9 Å². The van der Waals surface area contributed by atoms with Gasteiger partial charge < -0.3 is 9.84 Å².